The Morgan fingerprint density at radius 1 is 1.00 bits per heavy atom. The molecule has 0 saturated heterocycles. The van der Waals surface area contributed by atoms with Crippen molar-refractivity contribution in [1.29, 1.82) is 0 Å². The molecule has 0 aromatic heterocycles. The van der Waals surface area contributed by atoms with Gasteiger partial charge in [0.15, 0.2) is 11.4 Å². The van der Waals surface area contributed by atoms with Gasteiger partial charge in [0.05, 0.1) is 13.2 Å². The summed E-state index contributed by atoms with van der Waals surface area (Å²) >= 11 is 6.02. The SMILES string of the molecule is CCOC(=O)/C(=C(/C)O)N(/C(C(=O)OCC)=C(\C)O)c1cccc(Cl)c1. The van der Waals surface area contributed by atoms with E-state index >= 15 is 0 Å². The van der Waals surface area contributed by atoms with E-state index in [1.165, 1.54) is 19.9 Å². The third-order valence-corrected chi connectivity index (χ3v) is 3.37. The highest BCUT2D eigenvalue weighted by molar-refractivity contribution is 6.30. The summed E-state index contributed by atoms with van der Waals surface area (Å²) in [6.07, 6.45) is 0. The first kappa shape index (κ1) is 21.4. The summed E-state index contributed by atoms with van der Waals surface area (Å²) in [6.45, 7) is 5.83. The van der Waals surface area contributed by atoms with Gasteiger partial charge in [0, 0.05) is 10.7 Å². The Morgan fingerprint density at radius 3 is 1.81 bits per heavy atom. The van der Waals surface area contributed by atoms with Crippen LogP contribution in [0.1, 0.15) is 27.7 Å². The van der Waals surface area contributed by atoms with Gasteiger partial charge in [-0.05, 0) is 45.9 Å². The van der Waals surface area contributed by atoms with Crippen molar-refractivity contribution in [2.24, 2.45) is 0 Å². The number of esters is 2. The van der Waals surface area contributed by atoms with Gasteiger partial charge in [-0.2, -0.15) is 0 Å². The zero-order chi connectivity index (χ0) is 19.9. The Balaban J connectivity index is 3.72. The number of benzene rings is 1. The highest BCUT2D eigenvalue weighted by Crippen LogP contribution is 2.30. The summed E-state index contributed by atoms with van der Waals surface area (Å²) in [5.41, 5.74) is -0.429. The van der Waals surface area contributed by atoms with E-state index in [2.05, 4.69) is 0 Å². The Morgan fingerprint density at radius 2 is 1.46 bits per heavy atom. The molecule has 0 radical (unpaired) electrons. The number of carbonyl (C=O) groups excluding carboxylic acids is 2. The number of hydrogen-bond donors (Lipinski definition) is 2. The van der Waals surface area contributed by atoms with Crippen LogP contribution in [0.25, 0.3) is 0 Å². The maximum atomic E-state index is 12.4. The molecule has 0 amide bonds. The summed E-state index contributed by atoms with van der Waals surface area (Å²) in [6, 6.07) is 6.21. The lowest BCUT2D eigenvalue weighted by Gasteiger charge is -2.28. The maximum absolute atomic E-state index is 12.4. The van der Waals surface area contributed by atoms with Crippen molar-refractivity contribution in [2.75, 3.05) is 18.1 Å². The van der Waals surface area contributed by atoms with Gasteiger partial charge in [-0.1, -0.05) is 17.7 Å². The molecule has 0 saturated carbocycles. The summed E-state index contributed by atoms with van der Waals surface area (Å²) < 4.78 is 9.96. The maximum Gasteiger partial charge on any atom is 0.358 e. The Labute approximate surface area is 157 Å². The number of aliphatic hydroxyl groups excluding tert-OH is 2. The van der Waals surface area contributed by atoms with Crippen LogP contribution in [0.15, 0.2) is 47.2 Å². The Bertz CT molecular complexity index is 693. The van der Waals surface area contributed by atoms with E-state index in [0.29, 0.717) is 5.02 Å². The van der Waals surface area contributed by atoms with Crippen LogP contribution in [0, 0.1) is 0 Å². The van der Waals surface area contributed by atoms with Crippen molar-refractivity contribution in [3.63, 3.8) is 0 Å². The molecular weight excluding hydrogens is 362 g/mol. The molecule has 0 aliphatic rings. The van der Waals surface area contributed by atoms with Gasteiger partial charge in [-0.15, -0.1) is 0 Å². The minimum absolute atomic E-state index is 0.0512. The normalized spacial score (nSPS) is 12.7. The zero-order valence-electron chi connectivity index (χ0n) is 15.1. The highest BCUT2D eigenvalue weighted by atomic mass is 35.5. The summed E-state index contributed by atoms with van der Waals surface area (Å²) in [5, 5.41) is 20.5. The van der Waals surface area contributed by atoms with E-state index in [1.54, 1.807) is 32.0 Å². The number of rotatable bonds is 7. The molecular formula is C18H22ClNO6. The molecule has 0 atom stereocenters. The van der Waals surface area contributed by atoms with Crippen LogP contribution in [0.3, 0.4) is 0 Å². The number of ether oxygens (including phenoxy) is 2. The number of anilines is 1. The predicted molar refractivity (Wildman–Crippen MR) is 97.9 cm³/mol. The van der Waals surface area contributed by atoms with E-state index in [1.807, 2.05) is 0 Å². The summed E-state index contributed by atoms with van der Waals surface area (Å²) in [4.78, 5) is 25.9. The lowest BCUT2D eigenvalue weighted by Crippen LogP contribution is -2.34. The smallest absolute Gasteiger partial charge is 0.358 e. The van der Waals surface area contributed by atoms with Crippen LogP contribution in [0.4, 0.5) is 5.69 Å². The van der Waals surface area contributed by atoms with E-state index < -0.39 is 23.5 Å². The molecule has 7 nitrogen and oxygen atoms in total. The molecule has 0 heterocycles. The van der Waals surface area contributed by atoms with Gasteiger partial charge in [-0.25, -0.2) is 9.59 Å². The molecule has 8 heteroatoms. The van der Waals surface area contributed by atoms with Crippen molar-refractivity contribution < 1.29 is 29.3 Å². The first-order valence-corrected chi connectivity index (χ1v) is 8.31. The first-order valence-electron chi connectivity index (χ1n) is 7.94. The number of aliphatic hydroxyl groups is 2. The van der Waals surface area contributed by atoms with Crippen LogP contribution >= 0.6 is 11.6 Å². The van der Waals surface area contributed by atoms with Crippen molar-refractivity contribution >= 4 is 29.2 Å². The lowest BCUT2D eigenvalue weighted by atomic mass is 10.2. The van der Waals surface area contributed by atoms with Crippen molar-refractivity contribution in [3.05, 3.63) is 52.2 Å². The van der Waals surface area contributed by atoms with Gasteiger partial charge in [0.2, 0.25) is 0 Å². The van der Waals surface area contributed by atoms with E-state index in [9.17, 15) is 19.8 Å². The van der Waals surface area contributed by atoms with Gasteiger partial charge in [0.25, 0.3) is 0 Å². The zero-order valence-corrected chi connectivity index (χ0v) is 15.8. The monoisotopic (exact) mass is 383 g/mol. The highest BCUT2D eigenvalue weighted by Gasteiger charge is 2.32. The van der Waals surface area contributed by atoms with Crippen molar-refractivity contribution in [2.45, 2.75) is 27.7 Å². The molecule has 26 heavy (non-hydrogen) atoms. The fourth-order valence-electron chi connectivity index (χ4n) is 2.19. The minimum atomic E-state index is -0.879. The van der Waals surface area contributed by atoms with E-state index in [-0.39, 0.29) is 30.3 Å². The Kier molecular flexibility index (Phi) is 7.99. The molecule has 0 unspecified atom stereocenters. The fourth-order valence-corrected chi connectivity index (χ4v) is 2.37. The number of halogens is 1. The number of carbonyl (C=O) groups is 2. The minimum Gasteiger partial charge on any atom is -0.510 e. The lowest BCUT2D eigenvalue weighted by molar-refractivity contribution is -0.139. The standard InChI is InChI=1S/C18H22ClNO6/c1-5-25-17(23)15(11(3)21)20(14-9-7-8-13(19)10-14)16(12(4)22)18(24)26-6-2/h7-10,21-22H,5-6H2,1-4H3/b15-11+,16-12+. The van der Waals surface area contributed by atoms with Crippen LogP contribution in [0.5, 0.6) is 0 Å². The molecule has 0 aliphatic carbocycles. The number of allylic oxidation sites excluding steroid dienone is 2. The third-order valence-electron chi connectivity index (χ3n) is 3.14. The van der Waals surface area contributed by atoms with Crippen LogP contribution in [-0.2, 0) is 19.1 Å². The van der Waals surface area contributed by atoms with Gasteiger partial charge < -0.3 is 19.7 Å². The average molecular weight is 384 g/mol. The quantitative estimate of drug-likeness (QED) is 0.419. The predicted octanol–water partition coefficient (Wildman–Crippen LogP) is 3.85. The number of hydrogen-bond acceptors (Lipinski definition) is 7. The van der Waals surface area contributed by atoms with Crippen LogP contribution < -0.4 is 4.90 Å². The second-order valence-electron chi connectivity index (χ2n) is 5.12. The average Bonchev–Trinajstić information content (AvgIpc) is 2.54. The molecule has 2 N–H and O–H groups in total. The van der Waals surface area contributed by atoms with E-state index in [4.69, 9.17) is 21.1 Å². The van der Waals surface area contributed by atoms with Crippen molar-refractivity contribution in [1.82, 2.24) is 0 Å². The first-order chi connectivity index (χ1) is 12.2. The van der Waals surface area contributed by atoms with Crippen molar-refractivity contribution in [3.8, 4) is 0 Å². The molecule has 142 valence electrons. The topological polar surface area (TPSA) is 96.3 Å². The molecule has 0 aliphatic heterocycles. The number of nitrogens with zero attached hydrogens (tertiary/aromatic N) is 1. The van der Waals surface area contributed by atoms with Crippen LogP contribution in [-0.4, -0.2) is 35.4 Å². The molecule has 1 aromatic rings. The fraction of sp³-hybridized carbons (Fsp3) is 0.333. The molecule has 0 fully saturated rings. The Hall–Kier alpha value is -2.67. The van der Waals surface area contributed by atoms with Gasteiger partial charge in [-0.3, -0.25) is 4.90 Å². The van der Waals surface area contributed by atoms with E-state index in [0.717, 1.165) is 4.90 Å². The molecule has 1 aromatic carbocycles. The second-order valence-corrected chi connectivity index (χ2v) is 5.56. The molecule has 0 spiro atoms. The second kappa shape index (κ2) is 9.72. The van der Waals surface area contributed by atoms with Gasteiger partial charge >= 0.3 is 11.9 Å². The molecule has 1 rings (SSSR count). The summed E-state index contributed by atoms with van der Waals surface area (Å²) in [5.74, 6) is -2.58. The summed E-state index contributed by atoms with van der Waals surface area (Å²) in [7, 11) is 0. The third kappa shape index (κ3) is 5.16. The molecule has 0 bridgehead atoms. The largest absolute Gasteiger partial charge is 0.510 e. The van der Waals surface area contributed by atoms with Gasteiger partial charge in [0.1, 0.15) is 11.5 Å². The van der Waals surface area contributed by atoms with Crippen LogP contribution in [0.2, 0.25) is 5.02 Å².